The Hall–Kier alpha value is -1.06. The minimum Gasteiger partial charge on any atom is -0.398 e. The van der Waals surface area contributed by atoms with E-state index in [1.807, 2.05) is 13.2 Å². The van der Waals surface area contributed by atoms with Crippen LogP contribution < -0.4 is 5.73 Å². The maximum absolute atomic E-state index is 6.05. The van der Waals surface area contributed by atoms with Gasteiger partial charge in [0.2, 0.25) is 0 Å². The summed E-state index contributed by atoms with van der Waals surface area (Å²) in [5.74, 6) is 0. The summed E-state index contributed by atoms with van der Waals surface area (Å²) < 4.78 is 5.63. The minimum atomic E-state index is -0.00314. The number of rotatable bonds is 3. The second-order valence-electron chi connectivity index (χ2n) is 5.67. The number of nitrogens with two attached hydrogens (primary N) is 1. The Morgan fingerprint density at radius 1 is 1.44 bits per heavy atom. The van der Waals surface area contributed by atoms with Crippen molar-refractivity contribution in [2.75, 3.05) is 25.9 Å². The lowest BCUT2D eigenvalue weighted by molar-refractivity contribution is -0.0526. The zero-order valence-corrected chi connectivity index (χ0v) is 11.7. The lowest BCUT2D eigenvalue weighted by atomic mass is 9.94. The zero-order valence-electron chi connectivity index (χ0n) is 11.7. The number of aryl methyl sites for hydroxylation is 1. The Morgan fingerprint density at radius 3 is 2.94 bits per heavy atom. The molecule has 3 heteroatoms. The number of anilines is 1. The molecule has 3 nitrogen and oxygen atoms in total. The number of hydrogen-bond donors (Lipinski definition) is 1. The average molecular weight is 248 g/mol. The normalized spacial score (nSPS) is 25.3. The molecule has 1 saturated heterocycles. The number of likely N-dealkylation sites (tertiary alicyclic amines) is 1. The predicted octanol–water partition coefficient (Wildman–Crippen LogP) is 2.58. The lowest BCUT2D eigenvalue weighted by Crippen LogP contribution is -2.46. The van der Waals surface area contributed by atoms with Gasteiger partial charge in [0, 0.05) is 25.9 Å². The fourth-order valence-corrected chi connectivity index (χ4v) is 2.72. The van der Waals surface area contributed by atoms with Crippen LogP contribution >= 0.6 is 0 Å². The number of piperidine rings is 1. The molecule has 1 fully saturated rings. The molecule has 0 radical (unpaired) electrons. The summed E-state index contributed by atoms with van der Waals surface area (Å²) in [7, 11) is 1.81. The van der Waals surface area contributed by atoms with Crippen molar-refractivity contribution < 1.29 is 4.74 Å². The van der Waals surface area contributed by atoms with Gasteiger partial charge in [0.25, 0.3) is 0 Å². The van der Waals surface area contributed by atoms with E-state index in [0.29, 0.717) is 0 Å². The predicted molar refractivity (Wildman–Crippen MR) is 75.5 cm³/mol. The molecule has 0 amide bonds. The second-order valence-corrected chi connectivity index (χ2v) is 5.67. The van der Waals surface area contributed by atoms with Gasteiger partial charge in [-0.25, -0.2) is 0 Å². The van der Waals surface area contributed by atoms with Crippen LogP contribution in [0.2, 0.25) is 0 Å². The summed E-state index contributed by atoms with van der Waals surface area (Å²) in [5, 5.41) is 0. The molecule has 0 bridgehead atoms. The molecule has 1 aromatic rings. The highest BCUT2D eigenvalue weighted by atomic mass is 16.5. The van der Waals surface area contributed by atoms with Crippen molar-refractivity contribution in [3.8, 4) is 0 Å². The Kier molecular flexibility index (Phi) is 3.93. The van der Waals surface area contributed by atoms with Crippen LogP contribution in [0.5, 0.6) is 0 Å². The van der Waals surface area contributed by atoms with E-state index in [1.165, 1.54) is 17.5 Å². The van der Waals surface area contributed by atoms with E-state index in [9.17, 15) is 0 Å². The maximum atomic E-state index is 6.05. The van der Waals surface area contributed by atoms with E-state index < -0.39 is 0 Å². The molecular formula is C15H24N2O. The molecule has 2 N–H and O–H groups in total. The Labute approximate surface area is 110 Å². The monoisotopic (exact) mass is 248 g/mol. The summed E-state index contributed by atoms with van der Waals surface area (Å²) in [6.45, 7) is 7.34. The van der Waals surface area contributed by atoms with E-state index in [1.54, 1.807) is 0 Å². The van der Waals surface area contributed by atoms with E-state index in [2.05, 4.69) is 30.9 Å². The highest BCUT2D eigenvalue weighted by Gasteiger charge is 2.30. The van der Waals surface area contributed by atoms with Crippen molar-refractivity contribution in [2.45, 2.75) is 38.8 Å². The molecular weight excluding hydrogens is 224 g/mol. The Morgan fingerprint density at radius 2 is 2.22 bits per heavy atom. The number of nitrogen functional groups attached to an aromatic ring is 1. The topological polar surface area (TPSA) is 38.5 Å². The second kappa shape index (κ2) is 5.29. The van der Waals surface area contributed by atoms with Crippen LogP contribution in [0.3, 0.4) is 0 Å². The van der Waals surface area contributed by atoms with Crippen molar-refractivity contribution in [1.29, 1.82) is 0 Å². The summed E-state index contributed by atoms with van der Waals surface area (Å²) in [4.78, 5) is 2.44. The number of nitrogens with zero attached hydrogens (tertiary/aromatic N) is 1. The molecule has 2 rings (SSSR count). The van der Waals surface area contributed by atoms with Gasteiger partial charge in [-0.3, -0.25) is 4.90 Å². The van der Waals surface area contributed by atoms with E-state index >= 15 is 0 Å². The highest BCUT2D eigenvalue weighted by Crippen LogP contribution is 2.26. The first-order valence-corrected chi connectivity index (χ1v) is 6.65. The van der Waals surface area contributed by atoms with Crippen molar-refractivity contribution in [3.05, 3.63) is 29.3 Å². The number of methoxy groups -OCH3 is 1. The molecule has 0 aromatic heterocycles. The van der Waals surface area contributed by atoms with Gasteiger partial charge < -0.3 is 10.5 Å². The van der Waals surface area contributed by atoms with Crippen LogP contribution in [0.15, 0.2) is 18.2 Å². The first-order chi connectivity index (χ1) is 8.52. The van der Waals surface area contributed by atoms with E-state index in [0.717, 1.165) is 31.7 Å². The lowest BCUT2D eigenvalue weighted by Gasteiger charge is -2.39. The van der Waals surface area contributed by atoms with Gasteiger partial charge >= 0.3 is 0 Å². The summed E-state index contributed by atoms with van der Waals surface area (Å²) in [6, 6.07) is 6.26. The van der Waals surface area contributed by atoms with Crippen molar-refractivity contribution in [2.24, 2.45) is 0 Å². The first-order valence-electron chi connectivity index (χ1n) is 6.65. The minimum absolute atomic E-state index is 0.00314. The molecule has 0 saturated carbocycles. The molecule has 1 aromatic carbocycles. The Balaban J connectivity index is 2.07. The van der Waals surface area contributed by atoms with Gasteiger partial charge in [0.1, 0.15) is 0 Å². The SMILES string of the molecule is COC1(C)CCCN(Cc2cc(C)ccc2N)C1. The Bertz CT molecular complexity index is 419. The smallest absolute Gasteiger partial charge is 0.0777 e. The molecule has 18 heavy (non-hydrogen) atoms. The van der Waals surface area contributed by atoms with Gasteiger partial charge in [-0.05, 0) is 44.9 Å². The molecule has 1 aliphatic rings. The van der Waals surface area contributed by atoms with Gasteiger partial charge in [-0.2, -0.15) is 0 Å². The molecule has 1 unspecified atom stereocenters. The van der Waals surface area contributed by atoms with Crippen LogP contribution in [-0.2, 0) is 11.3 Å². The highest BCUT2D eigenvalue weighted by molar-refractivity contribution is 5.48. The molecule has 1 heterocycles. The molecule has 0 aliphatic carbocycles. The number of ether oxygens (including phenoxy) is 1. The third kappa shape index (κ3) is 3.03. The van der Waals surface area contributed by atoms with Crippen molar-refractivity contribution in [1.82, 2.24) is 4.90 Å². The van der Waals surface area contributed by atoms with Gasteiger partial charge in [0.05, 0.1) is 5.60 Å². The third-order valence-corrected chi connectivity index (χ3v) is 3.92. The summed E-state index contributed by atoms with van der Waals surface area (Å²) in [5.41, 5.74) is 9.44. The van der Waals surface area contributed by atoms with Crippen LogP contribution in [-0.4, -0.2) is 30.7 Å². The van der Waals surface area contributed by atoms with Gasteiger partial charge in [-0.1, -0.05) is 17.7 Å². The first kappa shape index (κ1) is 13.4. The summed E-state index contributed by atoms with van der Waals surface area (Å²) >= 11 is 0. The van der Waals surface area contributed by atoms with Crippen LogP contribution in [0.1, 0.15) is 30.9 Å². The van der Waals surface area contributed by atoms with Gasteiger partial charge in [-0.15, -0.1) is 0 Å². The standard InChI is InChI=1S/C15H24N2O/c1-12-5-6-14(16)13(9-12)10-17-8-4-7-15(2,11-17)18-3/h5-6,9H,4,7-8,10-11,16H2,1-3H3. The zero-order chi connectivity index (χ0) is 13.2. The fourth-order valence-electron chi connectivity index (χ4n) is 2.72. The average Bonchev–Trinajstić information content (AvgIpc) is 2.34. The number of benzene rings is 1. The quantitative estimate of drug-likeness (QED) is 0.836. The number of hydrogen-bond acceptors (Lipinski definition) is 3. The molecule has 100 valence electrons. The van der Waals surface area contributed by atoms with E-state index in [4.69, 9.17) is 10.5 Å². The summed E-state index contributed by atoms with van der Waals surface area (Å²) in [6.07, 6.45) is 2.33. The molecule has 1 atom stereocenters. The van der Waals surface area contributed by atoms with Gasteiger partial charge in [0.15, 0.2) is 0 Å². The van der Waals surface area contributed by atoms with Crippen LogP contribution in [0, 0.1) is 6.92 Å². The van der Waals surface area contributed by atoms with Crippen LogP contribution in [0.4, 0.5) is 5.69 Å². The van der Waals surface area contributed by atoms with Crippen molar-refractivity contribution >= 4 is 5.69 Å². The van der Waals surface area contributed by atoms with Crippen LogP contribution in [0.25, 0.3) is 0 Å². The maximum Gasteiger partial charge on any atom is 0.0777 e. The third-order valence-electron chi connectivity index (χ3n) is 3.92. The van der Waals surface area contributed by atoms with E-state index in [-0.39, 0.29) is 5.60 Å². The van der Waals surface area contributed by atoms with Crippen molar-refractivity contribution in [3.63, 3.8) is 0 Å². The largest absolute Gasteiger partial charge is 0.398 e. The molecule has 0 spiro atoms. The fraction of sp³-hybridized carbons (Fsp3) is 0.600. The molecule has 1 aliphatic heterocycles.